The van der Waals surface area contributed by atoms with E-state index >= 15 is 0 Å². The Kier molecular flexibility index (Phi) is 4.02. The summed E-state index contributed by atoms with van der Waals surface area (Å²) >= 11 is 0. The lowest BCUT2D eigenvalue weighted by Gasteiger charge is -2.10. The summed E-state index contributed by atoms with van der Waals surface area (Å²) in [5.41, 5.74) is 2.68. The monoisotopic (exact) mass is 327 g/mol. The minimum Gasteiger partial charge on any atom is -0.456 e. The molecule has 0 N–H and O–H groups in total. The molecule has 0 radical (unpaired) electrons. The molecule has 25 heavy (non-hydrogen) atoms. The fourth-order valence-corrected chi connectivity index (χ4v) is 3.33. The summed E-state index contributed by atoms with van der Waals surface area (Å²) in [4.78, 5) is 12.7. The highest BCUT2D eigenvalue weighted by atomic mass is 16.5. The van der Waals surface area contributed by atoms with Crippen molar-refractivity contribution in [2.75, 3.05) is 0 Å². The van der Waals surface area contributed by atoms with Crippen LogP contribution in [0, 0.1) is 0 Å². The summed E-state index contributed by atoms with van der Waals surface area (Å²) < 4.78 is 7.59. The first-order valence-electron chi connectivity index (χ1n) is 8.50. The van der Waals surface area contributed by atoms with Gasteiger partial charge in [-0.25, -0.2) is 4.79 Å². The molecule has 0 saturated carbocycles. The molecule has 0 aliphatic heterocycles. The van der Waals surface area contributed by atoms with Crippen molar-refractivity contribution >= 4 is 35.5 Å². The van der Waals surface area contributed by atoms with Gasteiger partial charge in [0, 0.05) is 10.8 Å². The summed E-state index contributed by atoms with van der Waals surface area (Å²) in [6.07, 6.45) is 0.716. The highest BCUT2D eigenvalue weighted by Crippen LogP contribution is 2.28. The number of rotatable bonds is 4. The number of carbonyl (C=O) groups excluding carboxylic acids is 1. The van der Waals surface area contributed by atoms with Crippen LogP contribution in [0.3, 0.4) is 0 Å². The molecule has 0 aliphatic rings. The van der Waals surface area contributed by atoms with Gasteiger partial charge in [-0.2, -0.15) is 0 Å². The standard InChI is InChI=1S/C21H18BNO2/c22-14-23-19(21(24)25-13-15-6-2-1-3-7-15)12-17-11-10-16-8-4-5-9-18(16)20(17)23/h1-12H,13-14,22H2. The third-order valence-corrected chi connectivity index (χ3v) is 4.52. The number of hydrogen-bond acceptors (Lipinski definition) is 2. The number of aromatic nitrogens is 1. The van der Waals surface area contributed by atoms with Crippen LogP contribution in [0.25, 0.3) is 21.7 Å². The van der Waals surface area contributed by atoms with E-state index in [1.54, 1.807) is 0 Å². The lowest BCUT2D eigenvalue weighted by Crippen LogP contribution is -2.12. The second-order valence-electron chi connectivity index (χ2n) is 6.06. The van der Waals surface area contributed by atoms with E-state index in [0.29, 0.717) is 12.1 Å². The van der Waals surface area contributed by atoms with Gasteiger partial charge in [0.2, 0.25) is 0 Å². The van der Waals surface area contributed by atoms with Gasteiger partial charge in [-0.15, -0.1) is 0 Å². The van der Waals surface area contributed by atoms with Crippen LogP contribution >= 0.6 is 0 Å². The van der Waals surface area contributed by atoms with E-state index in [4.69, 9.17) is 4.74 Å². The first kappa shape index (κ1) is 15.5. The molecule has 0 atom stereocenters. The summed E-state index contributed by atoms with van der Waals surface area (Å²) in [6.45, 7) is 0.283. The molecule has 3 aromatic carbocycles. The minimum atomic E-state index is -0.286. The normalized spacial score (nSPS) is 11.0. The number of esters is 1. The molecule has 0 saturated heterocycles. The Morgan fingerprint density at radius 2 is 1.64 bits per heavy atom. The van der Waals surface area contributed by atoms with E-state index in [0.717, 1.165) is 21.9 Å². The highest BCUT2D eigenvalue weighted by molar-refractivity contribution is 6.12. The van der Waals surface area contributed by atoms with Gasteiger partial charge >= 0.3 is 5.97 Å². The van der Waals surface area contributed by atoms with Gasteiger partial charge in [0.15, 0.2) is 0 Å². The smallest absolute Gasteiger partial charge is 0.355 e. The zero-order valence-electron chi connectivity index (χ0n) is 14.1. The Morgan fingerprint density at radius 3 is 2.44 bits per heavy atom. The number of ether oxygens (including phenoxy) is 1. The Bertz CT molecular complexity index is 1050. The lowest BCUT2D eigenvalue weighted by molar-refractivity contribution is 0.0462. The molecule has 0 fully saturated rings. The second-order valence-corrected chi connectivity index (χ2v) is 6.06. The fraction of sp³-hybridized carbons (Fsp3) is 0.0952. The van der Waals surface area contributed by atoms with E-state index in [1.165, 1.54) is 5.39 Å². The number of hydrogen-bond donors (Lipinski definition) is 0. The number of fused-ring (bicyclic) bond motifs is 3. The summed E-state index contributed by atoms with van der Waals surface area (Å²) in [7, 11) is 2.05. The predicted molar refractivity (Wildman–Crippen MR) is 104 cm³/mol. The van der Waals surface area contributed by atoms with Gasteiger partial charge in [-0.05, 0) is 23.5 Å². The Labute approximate surface area is 147 Å². The fourth-order valence-electron chi connectivity index (χ4n) is 3.33. The van der Waals surface area contributed by atoms with Crippen molar-refractivity contribution in [2.45, 2.75) is 13.1 Å². The van der Waals surface area contributed by atoms with Gasteiger partial charge in [-0.1, -0.05) is 66.7 Å². The van der Waals surface area contributed by atoms with Crippen molar-refractivity contribution in [1.82, 2.24) is 4.57 Å². The van der Waals surface area contributed by atoms with Crippen LogP contribution in [0.5, 0.6) is 0 Å². The molecule has 4 rings (SSSR count). The molecule has 122 valence electrons. The van der Waals surface area contributed by atoms with Gasteiger partial charge in [0.1, 0.15) is 20.1 Å². The maximum Gasteiger partial charge on any atom is 0.355 e. The van der Waals surface area contributed by atoms with E-state index in [2.05, 4.69) is 32.1 Å². The number of benzene rings is 3. The maximum atomic E-state index is 12.7. The Morgan fingerprint density at radius 1 is 0.920 bits per heavy atom. The molecule has 4 aromatic rings. The van der Waals surface area contributed by atoms with E-state index < -0.39 is 0 Å². The van der Waals surface area contributed by atoms with Crippen molar-refractivity contribution in [3.63, 3.8) is 0 Å². The molecule has 1 aromatic heterocycles. The van der Waals surface area contributed by atoms with Crippen molar-refractivity contribution < 1.29 is 9.53 Å². The third-order valence-electron chi connectivity index (χ3n) is 4.52. The van der Waals surface area contributed by atoms with Crippen LogP contribution in [0.4, 0.5) is 0 Å². The van der Waals surface area contributed by atoms with Crippen molar-refractivity contribution in [3.8, 4) is 0 Å². The zero-order chi connectivity index (χ0) is 17.2. The predicted octanol–water partition coefficient (Wildman–Crippen LogP) is 3.74. The first-order valence-corrected chi connectivity index (χ1v) is 8.50. The SMILES string of the molecule is BCn1c(C(=O)OCc2ccccc2)cc2ccc3ccccc3c21. The van der Waals surface area contributed by atoms with Crippen LogP contribution in [0.2, 0.25) is 0 Å². The number of carbonyl (C=O) groups is 1. The average Bonchev–Trinajstić information content (AvgIpc) is 3.06. The second kappa shape index (κ2) is 6.48. The average molecular weight is 327 g/mol. The molecule has 3 nitrogen and oxygen atoms in total. The van der Waals surface area contributed by atoms with Crippen molar-refractivity contribution in [2.24, 2.45) is 0 Å². The maximum absolute atomic E-state index is 12.7. The van der Waals surface area contributed by atoms with Crippen LogP contribution in [-0.2, 0) is 17.8 Å². The molecular formula is C21H18BNO2. The molecule has 4 heteroatoms. The zero-order valence-corrected chi connectivity index (χ0v) is 14.1. The van der Waals surface area contributed by atoms with E-state index in [9.17, 15) is 4.79 Å². The van der Waals surface area contributed by atoms with Crippen molar-refractivity contribution in [3.05, 3.63) is 84.1 Å². The van der Waals surface area contributed by atoms with Crippen LogP contribution in [0.15, 0.2) is 72.8 Å². The summed E-state index contributed by atoms with van der Waals surface area (Å²) in [5, 5.41) is 3.39. The summed E-state index contributed by atoms with van der Waals surface area (Å²) in [5.74, 6) is -0.286. The largest absolute Gasteiger partial charge is 0.456 e. The number of nitrogens with zero attached hydrogens (tertiary/aromatic N) is 1. The molecule has 0 bridgehead atoms. The summed E-state index contributed by atoms with van der Waals surface area (Å²) in [6, 6.07) is 24.1. The van der Waals surface area contributed by atoms with Gasteiger partial charge in [-0.3, -0.25) is 0 Å². The van der Waals surface area contributed by atoms with E-state index in [1.807, 2.05) is 53.1 Å². The van der Waals surface area contributed by atoms with Crippen LogP contribution in [0.1, 0.15) is 16.1 Å². The van der Waals surface area contributed by atoms with Crippen LogP contribution < -0.4 is 0 Å². The van der Waals surface area contributed by atoms with E-state index in [-0.39, 0.29) is 12.6 Å². The molecule has 0 spiro atoms. The third kappa shape index (κ3) is 2.80. The minimum absolute atomic E-state index is 0.283. The Balaban J connectivity index is 1.74. The quantitative estimate of drug-likeness (QED) is 0.422. The highest BCUT2D eigenvalue weighted by Gasteiger charge is 2.17. The van der Waals surface area contributed by atoms with Gasteiger partial charge in [0.05, 0.1) is 5.52 Å². The molecule has 0 aliphatic carbocycles. The first-order chi connectivity index (χ1) is 12.3. The van der Waals surface area contributed by atoms with Gasteiger partial charge < -0.3 is 9.30 Å². The van der Waals surface area contributed by atoms with Crippen molar-refractivity contribution in [1.29, 1.82) is 0 Å². The van der Waals surface area contributed by atoms with Crippen LogP contribution in [-0.4, -0.2) is 18.4 Å². The Hall–Kier alpha value is -3.01. The molecule has 0 unspecified atom stereocenters. The lowest BCUT2D eigenvalue weighted by atomic mass is 10.1. The van der Waals surface area contributed by atoms with Gasteiger partial charge in [0.25, 0.3) is 0 Å². The molecular weight excluding hydrogens is 309 g/mol. The molecule has 1 heterocycles. The topological polar surface area (TPSA) is 31.2 Å². The molecule has 0 amide bonds.